The second-order valence-electron chi connectivity index (χ2n) is 19.6. The minimum Gasteiger partial charge on any atom is -0.497 e. The van der Waals surface area contributed by atoms with Crippen molar-refractivity contribution >= 4 is 43.3 Å². The molecular formula is C56H74N5O19P. The van der Waals surface area contributed by atoms with Crippen LogP contribution in [0.3, 0.4) is 0 Å². The Morgan fingerprint density at radius 2 is 1.30 bits per heavy atom. The zero-order valence-electron chi connectivity index (χ0n) is 47.4. The number of anilines is 1. The number of aromatic nitrogens is 2. The summed E-state index contributed by atoms with van der Waals surface area (Å²) in [6, 6.07) is 24.0. The summed E-state index contributed by atoms with van der Waals surface area (Å²) in [6.45, 7) is 12.1. The number of rotatable bonds is 28. The molecule has 0 saturated carbocycles. The molecule has 9 atom stereocenters. The first kappa shape index (κ1) is 63.6. The highest BCUT2D eigenvalue weighted by Gasteiger charge is 2.52. The molecule has 81 heavy (non-hydrogen) atoms. The van der Waals surface area contributed by atoms with Gasteiger partial charge in [0.1, 0.15) is 60.1 Å². The van der Waals surface area contributed by atoms with Crippen molar-refractivity contribution in [2.24, 2.45) is 0 Å². The third-order valence-corrected chi connectivity index (χ3v) is 15.5. The fraction of sp³-hybridized carbons (Fsp3) is 0.518. The maximum atomic E-state index is 15.7. The Hall–Kier alpha value is -6.60. The van der Waals surface area contributed by atoms with Gasteiger partial charge in [0.15, 0.2) is 18.5 Å². The van der Waals surface area contributed by atoms with E-state index in [-0.39, 0.29) is 45.3 Å². The van der Waals surface area contributed by atoms with Gasteiger partial charge in [0.05, 0.1) is 47.3 Å². The Morgan fingerprint density at radius 1 is 0.716 bits per heavy atom. The number of benzene rings is 3. The van der Waals surface area contributed by atoms with Gasteiger partial charge in [-0.1, -0.05) is 54.6 Å². The largest absolute Gasteiger partial charge is 0.497 e. The molecule has 3 heterocycles. The Morgan fingerprint density at radius 3 is 1.83 bits per heavy atom. The number of ether oxygens (including phenoxy) is 10. The number of methoxy groups -OCH3 is 2. The van der Waals surface area contributed by atoms with Crippen molar-refractivity contribution < 1.29 is 85.0 Å². The van der Waals surface area contributed by atoms with Crippen LogP contribution in [-0.2, 0) is 81.1 Å². The van der Waals surface area contributed by atoms with Gasteiger partial charge in [-0.2, -0.15) is 4.98 Å². The number of esters is 3. The molecule has 3 aromatic carbocycles. The Kier molecular flexibility index (Phi) is 23.1. The zero-order valence-corrected chi connectivity index (χ0v) is 48.3. The van der Waals surface area contributed by atoms with Gasteiger partial charge in [-0.3, -0.25) is 37.6 Å². The highest BCUT2D eigenvalue weighted by Crippen LogP contribution is 2.57. The molecule has 2 saturated heterocycles. The van der Waals surface area contributed by atoms with Crippen LogP contribution in [0.5, 0.6) is 11.5 Å². The van der Waals surface area contributed by atoms with E-state index in [9.17, 15) is 28.8 Å². The van der Waals surface area contributed by atoms with Gasteiger partial charge in [-0.05, 0) is 74.7 Å². The molecule has 6 rings (SSSR count). The van der Waals surface area contributed by atoms with E-state index in [1.54, 1.807) is 18.9 Å². The number of hydrogen-bond acceptors (Lipinski definition) is 20. The Balaban J connectivity index is 1.27. The summed E-state index contributed by atoms with van der Waals surface area (Å²) in [5, 5.41) is 5.17. The summed E-state index contributed by atoms with van der Waals surface area (Å²) >= 11 is 0. The molecule has 0 spiro atoms. The van der Waals surface area contributed by atoms with Crippen molar-refractivity contribution in [2.45, 2.75) is 135 Å². The van der Waals surface area contributed by atoms with Crippen LogP contribution in [0, 0.1) is 0 Å². The third kappa shape index (κ3) is 16.8. The molecule has 2 aliphatic heterocycles. The van der Waals surface area contributed by atoms with Crippen LogP contribution in [0.1, 0.15) is 91.7 Å². The number of carbonyl (C=O) groups excluding carboxylic acids is 5. The van der Waals surface area contributed by atoms with E-state index in [2.05, 4.69) is 15.6 Å². The third-order valence-electron chi connectivity index (χ3n) is 12.9. The summed E-state index contributed by atoms with van der Waals surface area (Å²) in [7, 11) is -1.20. The standard InChI is InChI=1S/C56H74N5O19P/c1-34(2)61(35(3)4)81(68,75-30-28-71-27-29-72-54-51(58-37(6)63)53(77-40(9)66)52(76-39(8)65)48(79-54)32-73-38(7)64)80-46-31-50(60-26-25-49(57-36(5)62)59-55(60)67)78-47(46)33-74-56(41-15-13-12-14-16-41,42-17-21-44(69-10)22-18-42)43-19-23-45(70-11)24-20-43/h12-26,34-35,46-48,50-54H,27-33H2,1-11H3,(H,58,63)(H,57,59,62,67)/t46-,47+,48+,50+,51+,52-,53+,54+,81?/m0/s1. The fourth-order valence-corrected chi connectivity index (χ4v) is 12.1. The van der Waals surface area contributed by atoms with Crippen LogP contribution >= 0.6 is 7.75 Å². The molecule has 2 aliphatic rings. The van der Waals surface area contributed by atoms with Gasteiger partial charge in [0.25, 0.3) is 0 Å². The minimum absolute atomic E-state index is 0.0336. The van der Waals surface area contributed by atoms with Crippen molar-refractivity contribution in [3.63, 3.8) is 0 Å². The van der Waals surface area contributed by atoms with Gasteiger partial charge in [0.2, 0.25) is 11.8 Å². The van der Waals surface area contributed by atoms with Crippen LogP contribution in [0.25, 0.3) is 0 Å². The summed E-state index contributed by atoms with van der Waals surface area (Å²) < 4.78 is 91.0. The van der Waals surface area contributed by atoms with Crippen molar-refractivity contribution in [3.05, 3.63) is 118 Å². The summed E-state index contributed by atoms with van der Waals surface area (Å²) in [5.41, 5.74) is 0.169. The fourth-order valence-electron chi connectivity index (χ4n) is 9.75. The van der Waals surface area contributed by atoms with Crippen LogP contribution in [-0.4, -0.2) is 153 Å². The smallest absolute Gasteiger partial charge is 0.409 e. The van der Waals surface area contributed by atoms with Crippen molar-refractivity contribution in [1.29, 1.82) is 0 Å². The predicted molar refractivity (Wildman–Crippen MR) is 291 cm³/mol. The first-order valence-electron chi connectivity index (χ1n) is 26.4. The lowest BCUT2D eigenvalue weighted by molar-refractivity contribution is -0.279. The zero-order chi connectivity index (χ0) is 59.0. The molecule has 2 N–H and O–H groups in total. The van der Waals surface area contributed by atoms with Crippen LogP contribution < -0.4 is 25.8 Å². The number of carbonyl (C=O) groups is 5. The van der Waals surface area contributed by atoms with E-state index in [1.165, 1.54) is 37.6 Å². The maximum Gasteiger partial charge on any atom is 0.409 e. The van der Waals surface area contributed by atoms with Crippen molar-refractivity contribution in [3.8, 4) is 11.5 Å². The number of nitrogens with zero attached hydrogens (tertiary/aromatic N) is 3. The van der Waals surface area contributed by atoms with Crippen molar-refractivity contribution in [2.75, 3.05) is 59.2 Å². The molecule has 1 unspecified atom stereocenters. The molecule has 0 aliphatic carbocycles. The lowest BCUT2D eigenvalue weighted by atomic mass is 9.80. The van der Waals surface area contributed by atoms with Crippen LogP contribution in [0.2, 0.25) is 0 Å². The van der Waals surface area contributed by atoms with E-state index in [0.717, 1.165) is 30.5 Å². The number of nitrogens with one attached hydrogen (secondary N) is 2. The summed E-state index contributed by atoms with van der Waals surface area (Å²) in [4.78, 5) is 78.4. The highest BCUT2D eigenvalue weighted by molar-refractivity contribution is 7.51. The van der Waals surface area contributed by atoms with Gasteiger partial charge in [-0.15, -0.1) is 0 Å². The van der Waals surface area contributed by atoms with Gasteiger partial charge >= 0.3 is 31.3 Å². The van der Waals surface area contributed by atoms with E-state index in [4.69, 9.17) is 56.4 Å². The molecule has 2 fully saturated rings. The normalized spacial score (nSPS) is 21.7. The minimum atomic E-state index is -4.36. The average molecular weight is 1150 g/mol. The van der Waals surface area contributed by atoms with E-state index >= 15 is 4.57 Å². The van der Waals surface area contributed by atoms with E-state index < -0.39 is 117 Å². The molecule has 1 aromatic heterocycles. The molecule has 442 valence electrons. The maximum absolute atomic E-state index is 15.7. The second kappa shape index (κ2) is 29.4. The quantitative estimate of drug-likeness (QED) is 0.0222. The molecule has 0 bridgehead atoms. The Labute approximate surface area is 470 Å². The van der Waals surface area contributed by atoms with E-state index in [0.29, 0.717) is 11.5 Å². The first-order chi connectivity index (χ1) is 38.6. The Bertz CT molecular complexity index is 2780. The molecule has 2 amide bonds. The topological polar surface area (TPSA) is 275 Å². The van der Waals surface area contributed by atoms with Crippen LogP contribution in [0.4, 0.5) is 5.82 Å². The molecule has 0 radical (unpaired) electrons. The number of hydrogen-bond donors (Lipinski definition) is 2. The SMILES string of the molecule is COc1ccc(C(OC[C@H]2O[C@@H](n3ccc(NC(C)=O)nc3=O)C[C@@H]2OP(=O)(OCCOCCO[C@@H]2O[C@H](COC(C)=O)[C@H](OC(C)=O)[C@H](OC(C)=O)[C@H]2NC(C)=O)N(C(C)C)C(C)C)(c2ccccc2)c2ccc(OC)cc2)cc1. The van der Waals surface area contributed by atoms with Gasteiger partial charge in [-0.25, -0.2) is 14.0 Å². The van der Waals surface area contributed by atoms with Gasteiger partial charge < -0.3 is 58.0 Å². The van der Waals surface area contributed by atoms with Crippen LogP contribution in [0.15, 0.2) is 95.9 Å². The lowest BCUT2D eigenvalue weighted by Gasteiger charge is -2.44. The molecule has 24 nitrogen and oxygen atoms in total. The predicted octanol–water partition coefficient (Wildman–Crippen LogP) is 5.83. The summed E-state index contributed by atoms with van der Waals surface area (Å²) in [6.07, 6.45) is -6.85. The molecule has 25 heteroatoms. The second-order valence-corrected chi connectivity index (χ2v) is 21.4. The monoisotopic (exact) mass is 1150 g/mol. The van der Waals surface area contributed by atoms with Gasteiger partial charge in [0, 0.05) is 59.3 Å². The molecule has 4 aromatic rings. The van der Waals surface area contributed by atoms with Crippen molar-refractivity contribution in [1.82, 2.24) is 19.5 Å². The lowest BCUT2D eigenvalue weighted by Crippen LogP contribution is -2.66. The summed E-state index contributed by atoms with van der Waals surface area (Å²) in [5.74, 6) is -1.85. The number of amides is 2. The van der Waals surface area contributed by atoms with E-state index in [1.807, 2.05) is 107 Å². The molecular weight excluding hydrogens is 1080 g/mol. The highest BCUT2D eigenvalue weighted by atomic mass is 31.2. The average Bonchev–Trinajstić information content (AvgIpc) is 3.73. The first-order valence-corrected chi connectivity index (χ1v) is 27.9.